The molecular formula is C13H16FNO2. The third-order valence-corrected chi connectivity index (χ3v) is 3.27. The maximum atomic E-state index is 14.3. The van der Waals surface area contributed by atoms with Gasteiger partial charge < -0.3 is 10.1 Å². The van der Waals surface area contributed by atoms with Crippen LogP contribution in [0.25, 0.3) is 0 Å². The van der Waals surface area contributed by atoms with Crippen LogP contribution in [-0.4, -0.2) is 26.2 Å². The number of carbonyl (C=O) groups excluding carboxylic acids is 1. The Morgan fingerprint density at radius 2 is 2.29 bits per heavy atom. The average molecular weight is 237 g/mol. The number of ether oxygens (including phenoxy) is 1. The van der Waals surface area contributed by atoms with Crippen LogP contribution >= 0.6 is 0 Å². The zero-order valence-corrected chi connectivity index (χ0v) is 10.0. The van der Waals surface area contributed by atoms with Gasteiger partial charge in [-0.3, -0.25) is 0 Å². The Hall–Kier alpha value is -1.42. The molecule has 1 fully saturated rings. The van der Waals surface area contributed by atoms with E-state index in [0.29, 0.717) is 11.1 Å². The van der Waals surface area contributed by atoms with Crippen LogP contribution in [0.5, 0.6) is 0 Å². The summed E-state index contributed by atoms with van der Waals surface area (Å²) in [4.78, 5) is 11.5. The quantitative estimate of drug-likeness (QED) is 0.799. The zero-order chi connectivity index (χ0) is 12.4. The normalized spacial score (nSPS) is 19.4. The number of benzene rings is 1. The Morgan fingerprint density at radius 1 is 1.53 bits per heavy atom. The van der Waals surface area contributed by atoms with Gasteiger partial charge in [0, 0.05) is 12.5 Å². The molecular weight excluding hydrogens is 221 g/mol. The van der Waals surface area contributed by atoms with E-state index in [4.69, 9.17) is 0 Å². The Morgan fingerprint density at radius 3 is 2.88 bits per heavy atom. The van der Waals surface area contributed by atoms with E-state index in [1.807, 2.05) is 0 Å². The molecule has 4 heteroatoms. The minimum absolute atomic E-state index is 0.0666. The van der Waals surface area contributed by atoms with Crippen LogP contribution < -0.4 is 5.32 Å². The summed E-state index contributed by atoms with van der Waals surface area (Å²) in [6.07, 6.45) is 0.903. The number of esters is 1. The molecule has 1 atom stereocenters. The van der Waals surface area contributed by atoms with Crippen molar-refractivity contribution in [2.24, 2.45) is 0 Å². The van der Waals surface area contributed by atoms with Gasteiger partial charge in [0.2, 0.25) is 0 Å². The second-order valence-corrected chi connectivity index (χ2v) is 4.34. The number of hydrogen-bond acceptors (Lipinski definition) is 3. The largest absolute Gasteiger partial charge is 0.465 e. The number of rotatable bonds is 2. The first-order chi connectivity index (χ1) is 8.15. The maximum Gasteiger partial charge on any atom is 0.341 e. The second-order valence-electron chi connectivity index (χ2n) is 4.34. The highest BCUT2D eigenvalue weighted by Gasteiger charge is 2.25. The van der Waals surface area contributed by atoms with Crippen molar-refractivity contribution in [3.8, 4) is 0 Å². The van der Waals surface area contributed by atoms with Gasteiger partial charge in [0.05, 0.1) is 12.7 Å². The first-order valence-corrected chi connectivity index (χ1v) is 5.73. The third-order valence-electron chi connectivity index (χ3n) is 3.27. The third kappa shape index (κ3) is 2.17. The van der Waals surface area contributed by atoms with Crippen LogP contribution in [-0.2, 0) is 4.74 Å². The lowest BCUT2D eigenvalue weighted by Gasteiger charge is -2.14. The average Bonchev–Trinajstić information content (AvgIpc) is 2.82. The summed E-state index contributed by atoms with van der Waals surface area (Å²) in [6.45, 7) is 3.37. The van der Waals surface area contributed by atoms with Crippen molar-refractivity contribution in [3.63, 3.8) is 0 Å². The van der Waals surface area contributed by atoms with Gasteiger partial charge >= 0.3 is 5.97 Å². The summed E-state index contributed by atoms with van der Waals surface area (Å²) >= 11 is 0. The molecule has 92 valence electrons. The molecule has 1 saturated heterocycles. The summed E-state index contributed by atoms with van der Waals surface area (Å²) in [6, 6.07) is 3.55. The number of carbonyl (C=O) groups is 1. The fourth-order valence-electron chi connectivity index (χ4n) is 2.28. The van der Waals surface area contributed by atoms with Crippen molar-refractivity contribution in [3.05, 3.63) is 34.6 Å². The van der Waals surface area contributed by atoms with Gasteiger partial charge in [-0.1, -0.05) is 12.1 Å². The molecule has 17 heavy (non-hydrogen) atoms. The minimum Gasteiger partial charge on any atom is -0.465 e. The van der Waals surface area contributed by atoms with Gasteiger partial charge in [-0.15, -0.1) is 0 Å². The van der Waals surface area contributed by atoms with Crippen LogP contribution in [0.1, 0.15) is 33.8 Å². The highest BCUT2D eigenvalue weighted by Crippen LogP contribution is 2.28. The molecule has 1 aromatic carbocycles. The number of nitrogens with one attached hydrogen (secondary N) is 1. The van der Waals surface area contributed by atoms with E-state index in [1.54, 1.807) is 19.1 Å². The van der Waals surface area contributed by atoms with Crippen LogP contribution in [0.15, 0.2) is 12.1 Å². The molecule has 2 rings (SSSR count). The number of methoxy groups -OCH3 is 1. The Kier molecular flexibility index (Phi) is 3.43. The molecule has 0 aliphatic carbocycles. The van der Waals surface area contributed by atoms with Gasteiger partial charge in [0.15, 0.2) is 0 Å². The van der Waals surface area contributed by atoms with Gasteiger partial charge in [-0.2, -0.15) is 0 Å². The number of hydrogen-bond donors (Lipinski definition) is 1. The lowest BCUT2D eigenvalue weighted by molar-refractivity contribution is 0.0594. The molecule has 0 aromatic heterocycles. The molecule has 1 aliphatic heterocycles. The van der Waals surface area contributed by atoms with Crippen molar-refractivity contribution in [2.75, 3.05) is 20.2 Å². The van der Waals surface area contributed by atoms with Gasteiger partial charge in [0.25, 0.3) is 0 Å². The van der Waals surface area contributed by atoms with Crippen LogP contribution in [0, 0.1) is 12.7 Å². The van der Waals surface area contributed by atoms with Crippen LogP contribution in [0.3, 0.4) is 0 Å². The lowest BCUT2D eigenvalue weighted by atomic mass is 9.93. The van der Waals surface area contributed by atoms with E-state index in [9.17, 15) is 9.18 Å². The molecule has 0 bridgehead atoms. The number of halogens is 1. The first kappa shape index (κ1) is 12.0. The Balaban J connectivity index is 2.45. The molecule has 0 amide bonds. The monoisotopic (exact) mass is 237 g/mol. The van der Waals surface area contributed by atoms with E-state index in [-0.39, 0.29) is 11.5 Å². The summed E-state index contributed by atoms with van der Waals surface area (Å²) in [5, 5.41) is 3.19. The van der Waals surface area contributed by atoms with Crippen molar-refractivity contribution in [1.82, 2.24) is 5.32 Å². The summed E-state index contributed by atoms with van der Waals surface area (Å²) in [5.74, 6) is -0.877. The van der Waals surface area contributed by atoms with Crippen molar-refractivity contribution in [1.29, 1.82) is 0 Å². The van der Waals surface area contributed by atoms with Crippen molar-refractivity contribution < 1.29 is 13.9 Å². The fourth-order valence-corrected chi connectivity index (χ4v) is 2.28. The van der Waals surface area contributed by atoms with Crippen molar-refractivity contribution >= 4 is 5.97 Å². The summed E-state index contributed by atoms with van der Waals surface area (Å²) in [7, 11) is 1.27. The predicted octanol–water partition coefficient (Wildman–Crippen LogP) is 2.00. The van der Waals surface area contributed by atoms with Gasteiger partial charge in [-0.05, 0) is 31.0 Å². The Bertz CT molecular complexity index is 439. The van der Waals surface area contributed by atoms with Crippen LogP contribution in [0.2, 0.25) is 0 Å². The highest BCUT2D eigenvalue weighted by molar-refractivity contribution is 5.91. The van der Waals surface area contributed by atoms with Gasteiger partial charge in [-0.25, -0.2) is 9.18 Å². The Labute approximate surface area is 100.0 Å². The topological polar surface area (TPSA) is 38.3 Å². The maximum absolute atomic E-state index is 14.3. The van der Waals surface area contributed by atoms with E-state index in [1.165, 1.54) is 7.11 Å². The molecule has 0 spiro atoms. The van der Waals surface area contributed by atoms with Crippen LogP contribution in [0.4, 0.5) is 4.39 Å². The van der Waals surface area contributed by atoms with E-state index >= 15 is 0 Å². The standard InChI is InChI=1S/C13H16FNO2/c1-8-3-4-10(9-5-6-15-7-9)12(14)11(8)13(16)17-2/h3-4,9,15H,5-7H2,1-2H3. The first-order valence-electron chi connectivity index (χ1n) is 5.73. The highest BCUT2D eigenvalue weighted by atomic mass is 19.1. The molecule has 1 aliphatic rings. The molecule has 1 aromatic rings. The minimum atomic E-state index is -0.604. The lowest BCUT2D eigenvalue weighted by Crippen LogP contribution is -2.13. The zero-order valence-electron chi connectivity index (χ0n) is 10.0. The van der Waals surface area contributed by atoms with Crippen molar-refractivity contribution in [2.45, 2.75) is 19.3 Å². The SMILES string of the molecule is COC(=O)c1c(C)ccc(C2CCNC2)c1F. The second kappa shape index (κ2) is 4.84. The van der Waals surface area contributed by atoms with E-state index < -0.39 is 11.8 Å². The smallest absolute Gasteiger partial charge is 0.341 e. The summed E-state index contributed by atoms with van der Waals surface area (Å²) in [5.41, 5.74) is 1.29. The molecule has 3 nitrogen and oxygen atoms in total. The summed E-state index contributed by atoms with van der Waals surface area (Å²) < 4.78 is 18.9. The predicted molar refractivity (Wildman–Crippen MR) is 62.7 cm³/mol. The molecule has 1 heterocycles. The fraction of sp³-hybridized carbons (Fsp3) is 0.462. The van der Waals surface area contributed by atoms with E-state index in [2.05, 4.69) is 10.1 Å². The number of aryl methyl sites for hydroxylation is 1. The molecule has 1 N–H and O–H groups in total. The molecule has 0 saturated carbocycles. The molecule has 0 radical (unpaired) electrons. The van der Waals surface area contributed by atoms with E-state index in [0.717, 1.165) is 19.5 Å². The van der Waals surface area contributed by atoms with Gasteiger partial charge in [0.1, 0.15) is 5.82 Å². The molecule has 1 unspecified atom stereocenters.